The van der Waals surface area contributed by atoms with E-state index in [0.29, 0.717) is 19.4 Å². The Morgan fingerprint density at radius 2 is 2.36 bits per heavy atom. The molecule has 0 spiro atoms. The van der Waals surface area contributed by atoms with Crippen LogP contribution in [0.3, 0.4) is 0 Å². The van der Waals surface area contributed by atoms with Gasteiger partial charge in [0.15, 0.2) is 0 Å². The van der Waals surface area contributed by atoms with Gasteiger partial charge in [-0.3, -0.25) is 0 Å². The summed E-state index contributed by atoms with van der Waals surface area (Å²) in [6.45, 7) is 2.69. The van der Waals surface area contributed by atoms with Crippen LogP contribution in [-0.4, -0.2) is 17.8 Å². The van der Waals surface area contributed by atoms with Gasteiger partial charge in [0.05, 0.1) is 10.4 Å². The van der Waals surface area contributed by atoms with Crippen molar-refractivity contribution in [1.29, 1.82) is 0 Å². The topological polar surface area (TPSA) is 29.5 Å². The molecule has 0 saturated heterocycles. The lowest BCUT2D eigenvalue weighted by molar-refractivity contribution is -0.140. The predicted molar refractivity (Wildman–Crippen MR) is 57.9 cm³/mol. The minimum atomic E-state index is -0.683. The molecule has 0 aromatic carbocycles. The number of rotatable bonds is 3. The lowest BCUT2D eigenvalue weighted by Crippen LogP contribution is -2.45. The smallest absolute Gasteiger partial charge is 0.104 e. The summed E-state index contributed by atoms with van der Waals surface area (Å²) in [5.74, 6) is 0. The number of thiophene rings is 1. The SMILES string of the molecule is CCOC1CC(O)(c2ccc(Cl)s2)C1. The summed E-state index contributed by atoms with van der Waals surface area (Å²) in [6.07, 6.45) is 1.60. The molecular weight excluding hydrogens is 220 g/mol. The fourth-order valence-electron chi connectivity index (χ4n) is 1.81. The molecule has 1 saturated carbocycles. The molecule has 0 atom stereocenters. The molecule has 1 aromatic heterocycles. The average Bonchev–Trinajstić information content (AvgIpc) is 2.49. The number of hydrogen-bond donors (Lipinski definition) is 1. The van der Waals surface area contributed by atoms with Crippen molar-refractivity contribution < 1.29 is 9.84 Å². The standard InChI is InChI=1S/C10H13ClO2S/c1-2-13-7-5-10(12,6-7)8-3-4-9(11)14-8/h3-4,7,12H,2,5-6H2,1H3. The summed E-state index contributed by atoms with van der Waals surface area (Å²) in [5, 5.41) is 10.2. The molecular formula is C10H13ClO2S. The molecule has 0 unspecified atom stereocenters. The summed E-state index contributed by atoms with van der Waals surface area (Å²) in [4.78, 5) is 0.957. The van der Waals surface area contributed by atoms with Gasteiger partial charge in [0, 0.05) is 24.3 Å². The molecule has 14 heavy (non-hydrogen) atoms. The van der Waals surface area contributed by atoms with E-state index >= 15 is 0 Å². The zero-order valence-electron chi connectivity index (χ0n) is 8.00. The second-order valence-corrected chi connectivity index (χ2v) is 5.34. The second-order valence-electron chi connectivity index (χ2n) is 3.62. The minimum absolute atomic E-state index is 0.214. The van der Waals surface area contributed by atoms with Crippen LogP contribution in [0, 0.1) is 0 Å². The fourth-order valence-corrected chi connectivity index (χ4v) is 2.96. The number of halogens is 1. The van der Waals surface area contributed by atoms with E-state index in [4.69, 9.17) is 16.3 Å². The van der Waals surface area contributed by atoms with Gasteiger partial charge in [0.25, 0.3) is 0 Å². The van der Waals surface area contributed by atoms with E-state index in [1.54, 1.807) is 0 Å². The van der Waals surface area contributed by atoms with Crippen molar-refractivity contribution in [2.45, 2.75) is 31.5 Å². The van der Waals surface area contributed by atoms with Crippen molar-refractivity contribution in [3.05, 3.63) is 21.3 Å². The highest BCUT2D eigenvalue weighted by atomic mass is 35.5. The van der Waals surface area contributed by atoms with Gasteiger partial charge in [-0.2, -0.15) is 0 Å². The first-order chi connectivity index (χ1) is 6.64. The molecule has 0 radical (unpaired) electrons. The van der Waals surface area contributed by atoms with Crippen molar-refractivity contribution >= 4 is 22.9 Å². The first kappa shape index (κ1) is 10.4. The largest absolute Gasteiger partial charge is 0.384 e. The lowest BCUT2D eigenvalue weighted by Gasteiger charge is -2.42. The highest BCUT2D eigenvalue weighted by Gasteiger charge is 2.45. The minimum Gasteiger partial charge on any atom is -0.384 e. The summed E-state index contributed by atoms with van der Waals surface area (Å²) >= 11 is 7.27. The molecule has 1 aliphatic carbocycles. The maximum atomic E-state index is 10.2. The Labute approximate surface area is 92.5 Å². The quantitative estimate of drug-likeness (QED) is 0.869. The molecule has 2 rings (SSSR count). The van der Waals surface area contributed by atoms with Crippen LogP contribution in [0.4, 0.5) is 0 Å². The maximum absolute atomic E-state index is 10.2. The van der Waals surface area contributed by atoms with E-state index in [0.717, 1.165) is 9.21 Å². The van der Waals surface area contributed by atoms with E-state index in [-0.39, 0.29) is 6.10 Å². The molecule has 2 nitrogen and oxygen atoms in total. The third-order valence-corrected chi connectivity index (χ3v) is 3.99. The van der Waals surface area contributed by atoms with Crippen LogP contribution in [-0.2, 0) is 10.3 Å². The van der Waals surface area contributed by atoms with Crippen LogP contribution in [0.15, 0.2) is 12.1 Å². The van der Waals surface area contributed by atoms with E-state index in [9.17, 15) is 5.11 Å². The third-order valence-electron chi connectivity index (χ3n) is 2.56. The zero-order valence-corrected chi connectivity index (χ0v) is 9.57. The molecule has 1 aliphatic rings. The molecule has 78 valence electrons. The van der Waals surface area contributed by atoms with Gasteiger partial charge in [-0.1, -0.05) is 11.6 Å². The van der Waals surface area contributed by atoms with Crippen molar-refractivity contribution in [2.24, 2.45) is 0 Å². The van der Waals surface area contributed by atoms with Crippen molar-refractivity contribution in [2.75, 3.05) is 6.61 Å². The van der Waals surface area contributed by atoms with Crippen molar-refractivity contribution in [3.8, 4) is 0 Å². The Morgan fingerprint density at radius 3 is 2.86 bits per heavy atom. The van der Waals surface area contributed by atoms with E-state index in [1.807, 2.05) is 19.1 Å². The Kier molecular flexibility index (Phi) is 2.84. The van der Waals surface area contributed by atoms with E-state index in [2.05, 4.69) is 0 Å². The van der Waals surface area contributed by atoms with Crippen LogP contribution in [0.1, 0.15) is 24.6 Å². The average molecular weight is 233 g/mol. The van der Waals surface area contributed by atoms with Gasteiger partial charge in [-0.05, 0) is 19.1 Å². The Morgan fingerprint density at radius 1 is 1.64 bits per heavy atom. The first-order valence-corrected chi connectivity index (χ1v) is 5.93. The van der Waals surface area contributed by atoms with Gasteiger partial charge in [0.1, 0.15) is 5.60 Å². The number of ether oxygens (including phenoxy) is 1. The number of aliphatic hydroxyl groups is 1. The maximum Gasteiger partial charge on any atom is 0.104 e. The second kappa shape index (κ2) is 3.81. The van der Waals surface area contributed by atoms with Gasteiger partial charge in [-0.15, -0.1) is 11.3 Å². The lowest BCUT2D eigenvalue weighted by atomic mass is 9.76. The summed E-state index contributed by atoms with van der Waals surface area (Å²) in [5.41, 5.74) is -0.683. The Balaban J connectivity index is 2.00. The highest BCUT2D eigenvalue weighted by molar-refractivity contribution is 7.16. The molecule has 0 bridgehead atoms. The molecule has 4 heteroatoms. The van der Waals surface area contributed by atoms with Crippen LogP contribution in [0.25, 0.3) is 0 Å². The predicted octanol–water partition coefficient (Wildman–Crippen LogP) is 2.79. The van der Waals surface area contributed by atoms with E-state index in [1.165, 1.54) is 11.3 Å². The van der Waals surface area contributed by atoms with Crippen LogP contribution >= 0.6 is 22.9 Å². The molecule has 1 heterocycles. The normalized spacial score (nSPS) is 31.5. The molecule has 0 aliphatic heterocycles. The van der Waals surface area contributed by atoms with Gasteiger partial charge in [0.2, 0.25) is 0 Å². The van der Waals surface area contributed by atoms with Gasteiger partial charge >= 0.3 is 0 Å². The summed E-state index contributed by atoms with van der Waals surface area (Å²) < 4.78 is 6.14. The molecule has 1 fully saturated rings. The van der Waals surface area contributed by atoms with Gasteiger partial charge in [-0.25, -0.2) is 0 Å². The first-order valence-electron chi connectivity index (χ1n) is 4.74. The van der Waals surface area contributed by atoms with Crippen LogP contribution in [0.5, 0.6) is 0 Å². The molecule has 1 N–H and O–H groups in total. The highest BCUT2D eigenvalue weighted by Crippen LogP contribution is 2.46. The number of hydrogen-bond acceptors (Lipinski definition) is 3. The molecule has 1 aromatic rings. The monoisotopic (exact) mass is 232 g/mol. The van der Waals surface area contributed by atoms with Crippen LogP contribution in [0.2, 0.25) is 4.34 Å². The molecule has 0 amide bonds. The van der Waals surface area contributed by atoms with Gasteiger partial charge < -0.3 is 9.84 Å². The fraction of sp³-hybridized carbons (Fsp3) is 0.600. The Bertz CT molecular complexity index is 318. The van der Waals surface area contributed by atoms with E-state index < -0.39 is 5.60 Å². The Hall–Kier alpha value is -0.0900. The van der Waals surface area contributed by atoms with Crippen LogP contribution < -0.4 is 0 Å². The van der Waals surface area contributed by atoms with Crippen molar-refractivity contribution in [3.63, 3.8) is 0 Å². The summed E-state index contributed by atoms with van der Waals surface area (Å²) in [7, 11) is 0. The zero-order chi connectivity index (χ0) is 10.2. The van der Waals surface area contributed by atoms with Crippen molar-refractivity contribution in [1.82, 2.24) is 0 Å². The third kappa shape index (κ3) is 1.82. The summed E-state index contributed by atoms with van der Waals surface area (Å²) in [6, 6.07) is 3.72.